The van der Waals surface area contributed by atoms with Gasteiger partial charge < -0.3 is 4.67 Å². The molecule has 1 atom stereocenters. The Hall–Kier alpha value is -2.83. The smallest absolute Gasteiger partial charge is 0.230 e. The molecule has 0 radical (unpaired) electrons. The predicted molar refractivity (Wildman–Crippen MR) is 111 cm³/mol. The van der Waals surface area contributed by atoms with E-state index in [1.54, 1.807) is 0 Å². The van der Waals surface area contributed by atoms with Crippen LogP contribution in [0, 0.1) is 0 Å². The first-order chi connectivity index (χ1) is 12.7. The lowest BCUT2D eigenvalue weighted by Gasteiger charge is -2.38. The van der Waals surface area contributed by atoms with E-state index in [1.165, 1.54) is 16.3 Å². The molecule has 4 aromatic carbocycles. The van der Waals surface area contributed by atoms with Gasteiger partial charge in [0.05, 0.1) is 5.69 Å². The van der Waals surface area contributed by atoms with Crippen molar-refractivity contribution in [2.24, 2.45) is 0 Å². The molecule has 0 fully saturated rings. The van der Waals surface area contributed by atoms with Gasteiger partial charge in [-0.2, -0.15) is 0 Å². The lowest BCUT2D eigenvalue weighted by molar-refractivity contribution is 0.586. The first kappa shape index (κ1) is 15.4. The Morgan fingerprint density at radius 3 is 2.27 bits per heavy atom. The summed E-state index contributed by atoms with van der Waals surface area (Å²) in [6, 6.07) is 30.6. The lowest BCUT2D eigenvalue weighted by Crippen LogP contribution is -2.33. The van der Waals surface area contributed by atoms with E-state index >= 15 is 0 Å². The molecule has 1 aliphatic heterocycles. The Labute approximate surface area is 153 Å². The number of nitrogens with zero attached hydrogens (tertiary/aromatic N) is 1. The molecule has 0 aromatic heterocycles. The highest BCUT2D eigenvalue weighted by Crippen LogP contribution is 2.57. The van der Waals surface area contributed by atoms with E-state index in [-0.39, 0.29) is 0 Å². The molecule has 1 unspecified atom stereocenters. The average molecular weight is 355 g/mol. The molecule has 2 nitrogen and oxygen atoms in total. The quantitative estimate of drug-likeness (QED) is 0.438. The van der Waals surface area contributed by atoms with E-state index in [1.807, 2.05) is 60.2 Å². The first-order valence-corrected chi connectivity index (χ1v) is 10.4. The van der Waals surface area contributed by atoms with Gasteiger partial charge in [0.25, 0.3) is 0 Å². The number of benzene rings is 4. The van der Waals surface area contributed by atoms with Crippen molar-refractivity contribution in [3.05, 3.63) is 91.0 Å². The van der Waals surface area contributed by atoms with E-state index in [0.717, 1.165) is 21.9 Å². The molecular formula is C23H18NOP. The van der Waals surface area contributed by atoms with Crippen LogP contribution in [0.4, 0.5) is 5.69 Å². The molecule has 4 aromatic rings. The fourth-order valence-corrected chi connectivity index (χ4v) is 6.81. The minimum Gasteiger partial charge on any atom is -0.318 e. The minimum atomic E-state index is -2.92. The molecule has 5 rings (SSSR count). The number of rotatable bonds is 1. The van der Waals surface area contributed by atoms with Gasteiger partial charge in [-0.3, -0.25) is 4.57 Å². The van der Waals surface area contributed by atoms with Crippen LogP contribution in [-0.2, 0) is 4.57 Å². The van der Waals surface area contributed by atoms with Gasteiger partial charge >= 0.3 is 0 Å². The zero-order valence-electron chi connectivity index (χ0n) is 14.5. The molecule has 0 saturated heterocycles. The van der Waals surface area contributed by atoms with E-state index in [2.05, 4.69) is 42.5 Å². The highest BCUT2D eigenvalue weighted by molar-refractivity contribution is 7.80. The third-order valence-electron chi connectivity index (χ3n) is 5.28. The van der Waals surface area contributed by atoms with E-state index in [9.17, 15) is 4.57 Å². The summed E-state index contributed by atoms with van der Waals surface area (Å²) >= 11 is 0. The van der Waals surface area contributed by atoms with Crippen LogP contribution >= 0.6 is 7.29 Å². The normalized spacial score (nSPS) is 18.4. The van der Waals surface area contributed by atoms with Crippen LogP contribution in [0.1, 0.15) is 0 Å². The highest BCUT2D eigenvalue weighted by atomic mass is 31.2. The Kier molecular flexibility index (Phi) is 3.32. The Morgan fingerprint density at radius 1 is 0.731 bits per heavy atom. The molecule has 3 heteroatoms. The molecule has 0 bridgehead atoms. The molecule has 1 aliphatic rings. The summed E-state index contributed by atoms with van der Waals surface area (Å²) in [5.74, 6) is 0. The maximum Gasteiger partial charge on any atom is 0.230 e. The Morgan fingerprint density at radius 2 is 1.42 bits per heavy atom. The van der Waals surface area contributed by atoms with Crippen molar-refractivity contribution in [2.45, 2.75) is 0 Å². The van der Waals surface area contributed by atoms with Gasteiger partial charge in [0.1, 0.15) is 0 Å². The van der Waals surface area contributed by atoms with Crippen molar-refractivity contribution < 1.29 is 4.57 Å². The van der Waals surface area contributed by atoms with Crippen LogP contribution in [0.5, 0.6) is 0 Å². The number of hydrogen-bond acceptors (Lipinski definition) is 1. The fourth-order valence-electron chi connectivity index (χ4n) is 4.02. The molecule has 0 aliphatic carbocycles. The SMILES string of the molecule is CN1c2ccc3ccccc3c2-c2ccccc2P1(=O)c1ccccc1. The summed E-state index contributed by atoms with van der Waals surface area (Å²) in [6.45, 7) is 0. The molecule has 0 spiro atoms. The summed E-state index contributed by atoms with van der Waals surface area (Å²) in [7, 11) is -0.968. The van der Waals surface area contributed by atoms with Gasteiger partial charge in [-0.25, -0.2) is 0 Å². The summed E-state index contributed by atoms with van der Waals surface area (Å²) in [5, 5.41) is 4.18. The standard InChI is InChI=1S/C23H18NOP/c1-24-21-16-15-17-9-5-6-12-19(17)23(21)20-13-7-8-14-22(20)26(24,25)18-10-3-2-4-11-18/h2-16H,1H3. The summed E-state index contributed by atoms with van der Waals surface area (Å²) < 4.78 is 16.4. The van der Waals surface area contributed by atoms with Crippen molar-refractivity contribution >= 4 is 34.4 Å². The van der Waals surface area contributed by atoms with Gasteiger partial charge in [0, 0.05) is 23.2 Å². The first-order valence-electron chi connectivity index (χ1n) is 8.73. The Bertz CT molecular complexity index is 1180. The van der Waals surface area contributed by atoms with Gasteiger partial charge in [0.2, 0.25) is 7.29 Å². The highest BCUT2D eigenvalue weighted by Gasteiger charge is 2.40. The van der Waals surface area contributed by atoms with Crippen LogP contribution < -0.4 is 15.3 Å². The summed E-state index contributed by atoms with van der Waals surface area (Å²) in [5.41, 5.74) is 3.27. The van der Waals surface area contributed by atoms with Crippen molar-refractivity contribution in [3.8, 4) is 11.1 Å². The lowest BCUT2D eigenvalue weighted by atomic mass is 9.96. The van der Waals surface area contributed by atoms with E-state index < -0.39 is 7.29 Å². The maximum absolute atomic E-state index is 14.4. The van der Waals surface area contributed by atoms with Crippen LogP contribution in [-0.4, -0.2) is 7.05 Å². The molecule has 126 valence electrons. The van der Waals surface area contributed by atoms with Crippen LogP contribution in [0.25, 0.3) is 21.9 Å². The Balaban J connectivity index is 1.92. The molecule has 26 heavy (non-hydrogen) atoms. The van der Waals surface area contributed by atoms with E-state index in [4.69, 9.17) is 0 Å². The number of fused-ring (bicyclic) bond motifs is 5. The van der Waals surface area contributed by atoms with Gasteiger partial charge in [-0.05, 0) is 40.6 Å². The second kappa shape index (κ2) is 5.59. The second-order valence-electron chi connectivity index (χ2n) is 6.63. The van der Waals surface area contributed by atoms with Crippen LogP contribution in [0.2, 0.25) is 0 Å². The van der Waals surface area contributed by atoms with E-state index in [0.29, 0.717) is 0 Å². The maximum atomic E-state index is 14.4. The molecule has 0 saturated carbocycles. The molecule has 1 heterocycles. The van der Waals surface area contributed by atoms with Gasteiger partial charge in [0.15, 0.2) is 0 Å². The average Bonchev–Trinajstić information content (AvgIpc) is 2.72. The topological polar surface area (TPSA) is 20.3 Å². The minimum absolute atomic E-state index is 0.869. The second-order valence-corrected chi connectivity index (χ2v) is 9.38. The number of anilines is 1. The summed E-state index contributed by atoms with van der Waals surface area (Å²) in [4.78, 5) is 0. The van der Waals surface area contributed by atoms with Crippen molar-refractivity contribution in [3.63, 3.8) is 0 Å². The van der Waals surface area contributed by atoms with Crippen molar-refractivity contribution in [1.29, 1.82) is 0 Å². The zero-order valence-corrected chi connectivity index (χ0v) is 15.4. The van der Waals surface area contributed by atoms with Crippen molar-refractivity contribution in [1.82, 2.24) is 0 Å². The van der Waals surface area contributed by atoms with Gasteiger partial charge in [-0.15, -0.1) is 0 Å². The van der Waals surface area contributed by atoms with Crippen LogP contribution in [0.15, 0.2) is 91.0 Å². The molecular weight excluding hydrogens is 337 g/mol. The molecule has 0 amide bonds. The third-order valence-corrected chi connectivity index (χ3v) is 8.39. The van der Waals surface area contributed by atoms with Crippen molar-refractivity contribution in [2.75, 3.05) is 11.7 Å². The zero-order chi connectivity index (χ0) is 17.7. The predicted octanol–water partition coefficient (Wildman–Crippen LogP) is 5.19. The van der Waals surface area contributed by atoms with Crippen LogP contribution in [0.3, 0.4) is 0 Å². The van der Waals surface area contributed by atoms with Gasteiger partial charge in [-0.1, -0.05) is 66.7 Å². The monoisotopic (exact) mass is 355 g/mol. The fraction of sp³-hybridized carbons (Fsp3) is 0.0435. The largest absolute Gasteiger partial charge is 0.318 e. The summed E-state index contributed by atoms with van der Waals surface area (Å²) in [6.07, 6.45) is 0. The molecule has 0 N–H and O–H groups in total. The third kappa shape index (κ3) is 1.97. The number of hydrogen-bond donors (Lipinski definition) is 0.